The molecule has 2 aliphatic carbocycles. The standard InChI is InChI=1S/C17H32O/c1-4-14-7-5-8-15(13-14)17(18)10-6-9-16(2,3)11-12-17/h14-15,18H,4-13H2,1-3H3. The van der Waals surface area contributed by atoms with Crippen molar-refractivity contribution in [2.45, 2.75) is 90.6 Å². The largest absolute Gasteiger partial charge is 0.390 e. The van der Waals surface area contributed by atoms with Crippen molar-refractivity contribution in [3.05, 3.63) is 0 Å². The van der Waals surface area contributed by atoms with Crippen LogP contribution in [0.1, 0.15) is 85.0 Å². The third-order valence-electron chi connectivity index (χ3n) is 5.82. The first-order valence-corrected chi connectivity index (χ1v) is 8.17. The van der Waals surface area contributed by atoms with Gasteiger partial charge in [-0.05, 0) is 55.8 Å². The lowest BCUT2D eigenvalue weighted by atomic mass is 9.69. The Morgan fingerprint density at radius 3 is 2.50 bits per heavy atom. The highest BCUT2D eigenvalue weighted by Gasteiger charge is 2.41. The SMILES string of the molecule is CCC1CCCC(C2(O)CCCC(C)(C)CC2)C1. The summed E-state index contributed by atoms with van der Waals surface area (Å²) in [6.45, 7) is 7.05. The highest BCUT2D eigenvalue weighted by Crippen LogP contribution is 2.46. The number of aliphatic hydroxyl groups is 1. The maximum atomic E-state index is 11.1. The molecule has 0 bridgehead atoms. The second kappa shape index (κ2) is 5.53. The summed E-state index contributed by atoms with van der Waals surface area (Å²) < 4.78 is 0. The van der Waals surface area contributed by atoms with Gasteiger partial charge in [-0.3, -0.25) is 0 Å². The van der Waals surface area contributed by atoms with Crippen molar-refractivity contribution in [3.8, 4) is 0 Å². The quantitative estimate of drug-likeness (QED) is 0.691. The Hall–Kier alpha value is -0.0400. The van der Waals surface area contributed by atoms with Crippen molar-refractivity contribution < 1.29 is 5.11 Å². The van der Waals surface area contributed by atoms with Crippen molar-refractivity contribution in [1.82, 2.24) is 0 Å². The van der Waals surface area contributed by atoms with Crippen molar-refractivity contribution in [1.29, 1.82) is 0 Å². The van der Waals surface area contributed by atoms with Gasteiger partial charge in [-0.2, -0.15) is 0 Å². The van der Waals surface area contributed by atoms with Gasteiger partial charge in [-0.15, -0.1) is 0 Å². The van der Waals surface area contributed by atoms with Crippen molar-refractivity contribution in [3.63, 3.8) is 0 Å². The molecule has 0 amide bonds. The summed E-state index contributed by atoms with van der Waals surface area (Å²) in [5.41, 5.74) is 0.116. The van der Waals surface area contributed by atoms with Gasteiger partial charge in [0.05, 0.1) is 5.60 Å². The van der Waals surface area contributed by atoms with E-state index in [4.69, 9.17) is 0 Å². The van der Waals surface area contributed by atoms with Crippen LogP contribution < -0.4 is 0 Å². The van der Waals surface area contributed by atoms with Crippen LogP contribution in [-0.4, -0.2) is 10.7 Å². The Kier molecular flexibility index (Phi) is 4.41. The predicted octanol–water partition coefficient (Wildman–Crippen LogP) is 4.92. The molecule has 0 aromatic carbocycles. The molecule has 0 aromatic heterocycles. The molecule has 0 heterocycles. The molecular weight excluding hydrogens is 220 g/mol. The lowest BCUT2D eigenvalue weighted by Gasteiger charge is -2.41. The Morgan fingerprint density at radius 2 is 1.78 bits per heavy atom. The van der Waals surface area contributed by atoms with Crippen LogP contribution in [0.3, 0.4) is 0 Å². The van der Waals surface area contributed by atoms with Crippen LogP contribution in [0.5, 0.6) is 0 Å². The summed E-state index contributed by atoms with van der Waals surface area (Å²) in [6.07, 6.45) is 12.4. The average Bonchev–Trinajstić information content (AvgIpc) is 2.50. The molecule has 0 saturated heterocycles. The molecule has 3 atom stereocenters. The van der Waals surface area contributed by atoms with E-state index in [1.54, 1.807) is 0 Å². The summed E-state index contributed by atoms with van der Waals surface area (Å²) in [7, 11) is 0. The Morgan fingerprint density at radius 1 is 1.00 bits per heavy atom. The summed E-state index contributed by atoms with van der Waals surface area (Å²) in [5, 5.41) is 11.1. The summed E-state index contributed by atoms with van der Waals surface area (Å²) in [4.78, 5) is 0. The molecule has 2 saturated carbocycles. The lowest BCUT2D eigenvalue weighted by Crippen LogP contribution is -2.40. The first-order chi connectivity index (χ1) is 8.45. The highest BCUT2D eigenvalue weighted by atomic mass is 16.3. The molecule has 2 aliphatic rings. The molecule has 106 valence electrons. The number of hydrogen-bond acceptors (Lipinski definition) is 1. The van der Waals surface area contributed by atoms with Gasteiger partial charge in [0.1, 0.15) is 0 Å². The molecule has 0 spiro atoms. The fourth-order valence-corrected chi connectivity index (χ4v) is 4.24. The van der Waals surface area contributed by atoms with Crippen molar-refractivity contribution in [2.24, 2.45) is 17.3 Å². The zero-order chi connectivity index (χ0) is 13.2. The Bertz CT molecular complexity index is 271. The van der Waals surface area contributed by atoms with E-state index in [0.717, 1.165) is 18.8 Å². The van der Waals surface area contributed by atoms with E-state index in [2.05, 4.69) is 20.8 Å². The summed E-state index contributed by atoms with van der Waals surface area (Å²) >= 11 is 0. The first kappa shape index (κ1) is 14.4. The molecule has 1 N–H and O–H groups in total. The summed E-state index contributed by atoms with van der Waals surface area (Å²) in [5.74, 6) is 1.47. The van der Waals surface area contributed by atoms with E-state index in [0.29, 0.717) is 11.3 Å². The smallest absolute Gasteiger partial charge is 0.0676 e. The number of hydrogen-bond donors (Lipinski definition) is 1. The van der Waals surface area contributed by atoms with Gasteiger partial charge in [-0.1, -0.05) is 46.5 Å². The molecule has 0 aliphatic heterocycles. The van der Waals surface area contributed by atoms with Gasteiger partial charge in [0.15, 0.2) is 0 Å². The normalized spacial score (nSPS) is 41.3. The van der Waals surface area contributed by atoms with E-state index in [-0.39, 0.29) is 5.60 Å². The number of rotatable bonds is 2. The Balaban J connectivity index is 2.01. The third kappa shape index (κ3) is 3.29. The van der Waals surface area contributed by atoms with Crippen LogP contribution in [0.15, 0.2) is 0 Å². The molecule has 3 unspecified atom stereocenters. The molecule has 2 fully saturated rings. The highest BCUT2D eigenvalue weighted by molar-refractivity contribution is 4.93. The van der Waals surface area contributed by atoms with Gasteiger partial charge in [-0.25, -0.2) is 0 Å². The molecule has 18 heavy (non-hydrogen) atoms. The fraction of sp³-hybridized carbons (Fsp3) is 1.00. The topological polar surface area (TPSA) is 20.2 Å². The van der Waals surface area contributed by atoms with Crippen LogP contribution in [0, 0.1) is 17.3 Å². The van der Waals surface area contributed by atoms with Gasteiger partial charge in [0.25, 0.3) is 0 Å². The van der Waals surface area contributed by atoms with Gasteiger partial charge in [0.2, 0.25) is 0 Å². The zero-order valence-corrected chi connectivity index (χ0v) is 12.7. The lowest BCUT2D eigenvalue weighted by molar-refractivity contribution is -0.0549. The maximum Gasteiger partial charge on any atom is 0.0676 e. The van der Waals surface area contributed by atoms with Gasteiger partial charge in [0, 0.05) is 0 Å². The van der Waals surface area contributed by atoms with Crippen LogP contribution in [0.25, 0.3) is 0 Å². The average molecular weight is 252 g/mol. The molecule has 1 heteroatoms. The third-order valence-corrected chi connectivity index (χ3v) is 5.82. The van der Waals surface area contributed by atoms with Crippen LogP contribution in [0.4, 0.5) is 0 Å². The molecular formula is C17H32O. The van der Waals surface area contributed by atoms with E-state index in [9.17, 15) is 5.11 Å². The van der Waals surface area contributed by atoms with E-state index in [1.165, 1.54) is 51.4 Å². The van der Waals surface area contributed by atoms with E-state index >= 15 is 0 Å². The molecule has 0 aromatic rings. The van der Waals surface area contributed by atoms with E-state index < -0.39 is 0 Å². The molecule has 2 rings (SSSR count). The van der Waals surface area contributed by atoms with Gasteiger partial charge < -0.3 is 5.11 Å². The zero-order valence-electron chi connectivity index (χ0n) is 12.7. The van der Waals surface area contributed by atoms with E-state index in [1.807, 2.05) is 0 Å². The second-order valence-corrected chi connectivity index (χ2v) is 7.76. The van der Waals surface area contributed by atoms with Crippen LogP contribution in [-0.2, 0) is 0 Å². The van der Waals surface area contributed by atoms with Crippen molar-refractivity contribution in [2.75, 3.05) is 0 Å². The Labute approximate surface area is 113 Å². The maximum absolute atomic E-state index is 11.1. The summed E-state index contributed by atoms with van der Waals surface area (Å²) in [6, 6.07) is 0. The molecule has 0 radical (unpaired) electrons. The monoisotopic (exact) mass is 252 g/mol. The predicted molar refractivity (Wildman–Crippen MR) is 77.6 cm³/mol. The molecule has 1 nitrogen and oxygen atoms in total. The fourth-order valence-electron chi connectivity index (χ4n) is 4.24. The van der Waals surface area contributed by atoms with Crippen LogP contribution >= 0.6 is 0 Å². The minimum absolute atomic E-state index is 0.332. The van der Waals surface area contributed by atoms with Crippen LogP contribution in [0.2, 0.25) is 0 Å². The first-order valence-electron chi connectivity index (χ1n) is 8.17. The van der Waals surface area contributed by atoms with Crippen molar-refractivity contribution >= 4 is 0 Å². The minimum atomic E-state index is -0.332. The second-order valence-electron chi connectivity index (χ2n) is 7.76. The van der Waals surface area contributed by atoms with Gasteiger partial charge >= 0.3 is 0 Å². The minimum Gasteiger partial charge on any atom is -0.390 e.